The number of pyridine rings is 1. The zero-order valence-electron chi connectivity index (χ0n) is 13.9. The molecule has 2 aromatic rings. The molecule has 0 spiro atoms. The Bertz CT molecular complexity index is 767. The van der Waals surface area contributed by atoms with Crippen LogP contribution in [0.1, 0.15) is 43.4 Å². The smallest absolute Gasteiger partial charge is 0.258 e. The molecule has 23 heavy (non-hydrogen) atoms. The monoisotopic (exact) mass is 311 g/mol. The van der Waals surface area contributed by atoms with Gasteiger partial charge in [0.25, 0.3) is 5.56 Å². The first-order valence-electron chi connectivity index (χ1n) is 8.90. The van der Waals surface area contributed by atoms with Gasteiger partial charge < -0.3 is 0 Å². The van der Waals surface area contributed by atoms with Gasteiger partial charge in [0.1, 0.15) is 5.65 Å². The van der Waals surface area contributed by atoms with Crippen LogP contribution in [-0.4, -0.2) is 27.4 Å². The van der Waals surface area contributed by atoms with E-state index in [4.69, 9.17) is 4.98 Å². The van der Waals surface area contributed by atoms with E-state index in [2.05, 4.69) is 4.90 Å². The minimum Gasteiger partial charge on any atom is -0.297 e. The summed E-state index contributed by atoms with van der Waals surface area (Å²) >= 11 is 0. The van der Waals surface area contributed by atoms with Crippen LogP contribution in [0.2, 0.25) is 0 Å². The molecule has 4 heteroatoms. The molecular formula is C19H25N3O. The molecule has 3 heterocycles. The SMILES string of the molecule is Cc1ccc2nc(CN3CC[C@H]4CCCC[C@H]4C3)cc(=O)n2c1. The maximum Gasteiger partial charge on any atom is 0.258 e. The van der Waals surface area contributed by atoms with Crippen LogP contribution in [0.3, 0.4) is 0 Å². The highest BCUT2D eigenvalue weighted by Crippen LogP contribution is 2.36. The van der Waals surface area contributed by atoms with Crippen molar-refractivity contribution in [3.05, 3.63) is 46.0 Å². The molecule has 0 unspecified atom stereocenters. The molecule has 1 saturated heterocycles. The molecule has 4 rings (SSSR count). The highest BCUT2D eigenvalue weighted by Gasteiger charge is 2.31. The summed E-state index contributed by atoms with van der Waals surface area (Å²) in [5, 5.41) is 0. The number of aromatic nitrogens is 2. The first-order chi connectivity index (χ1) is 11.2. The molecule has 0 bridgehead atoms. The van der Waals surface area contributed by atoms with Crippen molar-refractivity contribution in [2.45, 2.75) is 45.6 Å². The Hall–Kier alpha value is -1.68. The Morgan fingerprint density at radius 2 is 2.00 bits per heavy atom. The van der Waals surface area contributed by atoms with Gasteiger partial charge in [-0.25, -0.2) is 4.98 Å². The molecule has 2 aliphatic rings. The van der Waals surface area contributed by atoms with E-state index in [1.165, 1.54) is 38.6 Å². The Morgan fingerprint density at radius 1 is 1.17 bits per heavy atom. The van der Waals surface area contributed by atoms with Crippen LogP contribution in [0.25, 0.3) is 5.65 Å². The number of aryl methyl sites for hydroxylation is 1. The molecule has 0 aromatic carbocycles. The number of piperidine rings is 1. The third-order valence-electron chi connectivity index (χ3n) is 5.62. The van der Waals surface area contributed by atoms with E-state index in [0.717, 1.165) is 41.8 Å². The van der Waals surface area contributed by atoms with Gasteiger partial charge in [0, 0.05) is 25.4 Å². The second kappa shape index (κ2) is 6.08. The van der Waals surface area contributed by atoms with Gasteiger partial charge in [0.15, 0.2) is 0 Å². The number of rotatable bonds is 2. The second-order valence-corrected chi connectivity index (χ2v) is 7.35. The maximum absolute atomic E-state index is 12.3. The van der Waals surface area contributed by atoms with Gasteiger partial charge in [-0.2, -0.15) is 0 Å². The summed E-state index contributed by atoms with van der Waals surface area (Å²) in [5.74, 6) is 1.81. The molecule has 2 fully saturated rings. The van der Waals surface area contributed by atoms with E-state index in [0.29, 0.717) is 0 Å². The molecule has 0 N–H and O–H groups in total. The third-order valence-corrected chi connectivity index (χ3v) is 5.62. The number of hydrogen-bond acceptors (Lipinski definition) is 3. The maximum atomic E-state index is 12.3. The van der Waals surface area contributed by atoms with E-state index < -0.39 is 0 Å². The standard InChI is InChI=1S/C19H25N3O/c1-14-6-7-18-20-17(10-19(23)22(18)11-14)13-21-9-8-15-4-2-3-5-16(15)12-21/h6-7,10-11,15-16H,2-5,8-9,12-13H2,1H3/t15-,16+/m1/s1. The highest BCUT2D eigenvalue weighted by molar-refractivity contribution is 5.39. The minimum absolute atomic E-state index is 0.0289. The quantitative estimate of drug-likeness (QED) is 0.855. The lowest BCUT2D eigenvalue weighted by Gasteiger charge is -2.41. The second-order valence-electron chi connectivity index (χ2n) is 7.35. The zero-order valence-corrected chi connectivity index (χ0v) is 13.9. The third kappa shape index (κ3) is 3.05. The van der Waals surface area contributed by atoms with Gasteiger partial charge in [0.2, 0.25) is 0 Å². The van der Waals surface area contributed by atoms with Crippen LogP contribution >= 0.6 is 0 Å². The summed E-state index contributed by atoms with van der Waals surface area (Å²) in [4.78, 5) is 19.5. The van der Waals surface area contributed by atoms with Crippen molar-refractivity contribution in [3.63, 3.8) is 0 Å². The van der Waals surface area contributed by atoms with Gasteiger partial charge in [-0.05, 0) is 49.8 Å². The van der Waals surface area contributed by atoms with Gasteiger partial charge in [0.05, 0.1) is 5.69 Å². The van der Waals surface area contributed by atoms with Crippen LogP contribution in [0.4, 0.5) is 0 Å². The molecule has 1 aliphatic heterocycles. The fraction of sp³-hybridized carbons (Fsp3) is 0.579. The zero-order chi connectivity index (χ0) is 15.8. The average Bonchev–Trinajstić information content (AvgIpc) is 2.55. The number of fused-ring (bicyclic) bond motifs is 2. The molecule has 4 nitrogen and oxygen atoms in total. The molecule has 1 aliphatic carbocycles. The van der Waals surface area contributed by atoms with E-state index in [-0.39, 0.29) is 5.56 Å². The van der Waals surface area contributed by atoms with Crippen molar-refractivity contribution in [2.24, 2.45) is 11.8 Å². The first kappa shape index (κ1) is 14.9. The molecule has 2 aromatic heterocycles. The van der Waals surface area contributed by atoms with Crippen molar-refractivity contribution < 1.29 is 0 Å². The van der Waals surface area contributed by atoms with Gasteiger partial charge >= 0.3 is 0 Å². The van der Waals surface area contributed by atoms with Crippen molar-refractivity contribution in [1.29, 1.82) is 0 Å². The van der Waals surface area contributed by atoms with Gasteiger partial charge in [-0.1, -0.05) is 25.3 Å². The van der Waals surface area contributed by atoms with Gasteiger partial charge in [-0.3, -0.25) is 14.1 Å². The van der Waals surface area contributed by atoms with Crippen molar-refractivity contribution in [2.75, 3.05) is 13.1 Å². The Balaban J connectivity index is 1.53. The fourth-order valence-electron chi connectivity index (χ4n) is 4.39. The van der Waals surface area contributed by atoms with E-state index in [1.807, 2.05) is 25.3 Å². The predicted octanol–water partition coefficient (Wildman–Crippen LogP) is 3.02. The first-order valence-corrected chi connectivity index (χ1v) is 8.90. The average molecular weight is 311 g/mol. The molecule has 1 saturated carbocycles. The van der Waals surface area contributed by atoms with Crippen LogP contribution < -0.4 is 5.56 Å². The van der Waals surface area contributed by atoms with Crippen molar-refractivity contribution in [1.82, 2.24) is 14.3 Å². The van der Waals surface area contributed by atoms with E-state index in [9.17, 15) is 4.79 Å². The normalized spacial score (nSPS) is 25.4. The molecular weight excluding hydrogens is 286 g/mol. The summed E-state index contributed by atoms with van der Waals surface area (Å²) in [7, 11) is 0. The van der Waals surface area contributed by atoms with Crippen LogP contribution in [0.5, 0.6) is 0 Å². The molecule has 2 atom stereocenters. The molecule has 0 radical (unpaired) electrons. The lowest BCUT2D eigenvalue weighted by molar-refractivity contribution is 0.0812. The van der Waals surface area contributed by atoms with E-state index in [1.54, 1.807) is 10.5 Å². The largest absolute Gasteiger partial charge is 0.297 e. The fourth-order valence-corrected chi connectivity index (χ4v) is 4.39. The van der Waals surface area contributed by atoms with Crippen LogP contribution in [0, 0.1) is 18.8 Å². The summed E-state index contributed by atoms with van der Waals surface area (Å²) in [6.07, 6.45) is 8.80. The summed E-state index contributed by atoms with van der Waals surface area (Å²) < 4.78 is 1.65. The predicted molar refractivity (Wildman–Crippen MR) is 91.5 cm³/mol. The van der Waals surface area contributed by atoms with E-state index >= 15 is 0 Å². The summed E-state index contributed by atoms with van der Waals surface area (Å²) in [6, 6.07) is 5.66. The minimum atomic E-state index is 0.0289. The Kier molecular flexibility index (Phi) is 3.93. The van der Waals surface area contributed by atoms with Crippen molar-refractivity contribution >= 4 is 5.65 Å². The number of nitrogens with zero attached hydrogens (tertiary/aromatic N) is 3. The topological polar surface area (TPSA) is 37.6 Å². The Morgan fingerprint density at radius 3 is 2.87 bits per heavy atom. The lowest BCUT2D eigenvalue weighted by Crippen LogP contribution is -2.41. The number of hydrogen-bond donors (Lipinski definition) is 0. The van der Waals surface area contributed by atoms with Gasteiger partial charge in [-0.15, -0.1) is 0 Å². The number of likely N-dealkylation sites (tertiary alicyclic amines) is 1. The van der Waals surface area contributed by atoms with Crippen molar-refractivity contribution in [3.8, 4) is 0 Å². The molecule has 0 amide bonds. The summed E-state index contributed by atoms with van der Waals surface area (Å²) in [5.41, 5.74) is 2.77. The Labute approximate surface area is 137 Å². The van der Waals surface area contributed by atoms with Crippen LogP contribution in [0.15, 0.2) is 29.2 Å². The lowest BCUT2D eigenvalue weighted by atomic mass is 9.75. The van der Waals surface area contributed by atoms with Crippen LogP contribution in [-0.2, 0) is 6.54 Å². The summed E-state index contributed by atoms with van der Waals surface area (Å²) in [6.45, 7) is 5.13. The molecule has 122 valence electrons. The highest BCUT2D eigenvalue weighted by atomic mass is 16.1.